The second-order valence-corrected chi connectivity index (χ2v) is 6.28. The Labute approximate surface area is 122 Å². The Morgan fingerprint density at radius 2 is 2.10 bits per heavy atom. The molecule has 1 fully saturated rings. The van der Waals surface area contributed by atoms with Gasteiger partial charge in [0.25, 0.3) is 0 Å². The Morgan fingerprint density at radius 3 is 2.90 bits per heavy atom. The molecule has 110 valence electrons. The molecule has 20 heavy (non-hydrogen) atoms. The predicted molar refractivity (Wildman–Crippen MR) is 82.4 cm³/mol. The van der Waals surface area contributed by atoms with Crippen LogP contribution in [0.3, 0.4) is 0 Å². The Bertz CT molecular complexity index is 444. The van der Waals surface area contributed by atoms with Crippen molar-refractivity contribution in [1.82, 2.24) is 10.2 Å². The third kappa shape index (κ3) is 3.15. The summed E-state index contributed by atoms with van der Waals surface area (Å²) in [5.41, 5.74) is 1.37. The topological polar surface area (TPSA) is 24.5 Å². The van der Waals surface area contributed by atoms with Crippen LogP contribution >= 0.6 is 0 Å². The van der Waals surface area contributed by atoms with Gasteiger partial charge in [0.15, 0.2) is 0 Å². The summed E-state index contributed by atoms with van der Waals surface area (Å²) in [7, 11) is 2.26. The van der Waals surface area contributed by atoms with Crippen molar-refractivity contribution < 1.29 is 4.74 Å². The van der Waals surface area contributed by atoms with E-state index in [2.05, 4.69) is 48.5 Å². The lowest BCUT2D eigenvalue weighted by atomic mass is 9.93. The molecule has 1 N–H and O–H groups in total. The van der Waals surface area contributed by atoms with E-state index in [1.54, 1.807) is 0 Å². The van der Waals surface area contributed by atoms with Crippen molar-refractivity contribution >= 4 is 0 Å². The van der Waals surface area contributed by atoms with Crippen LogP contribution in [-0.2, 0) is 0 Å². The van der Waals surface area contributed by atoms with E-state index in [9.17, 15) is 0 Å². The van der Waals surface area contributed by atoms with E-state index in [0.717, 1.165) is 37.9 Å². The van der Waals surface area contributed by atoms with E-state index < -0.39 is 0 Å². The second kappa shape index (κ2) is 6.15. The predicted octanol–water partition coefficient (Wildman–Crippen LogP) is 2.63. The van der Waals surface area contributed by atoms with E-state index in [4.69, 9.17) is 4.74 Å². The fourth-order valence-electron chi connectivity index (χ4n) is 3.08. The molecule has 1 saturated carbocycles. The lowest BCUT2D eigenvalue weighted by Crippen LogP contribution is -2.40. The maximum atomic E-state index is 5.72. The maximum Gasteiger partial charge on any atom is 0.122 e. The van der Waals surface area contributed by atoms with Gasteiger partial charge in [-0.25, -0.2) is 0 Å². The van der Waals surface area contributed by atoms with Gasteiger partial charge < -0.3 is 10.1 Å². The molecule has 2 atom stereocenters. The van der Waals surface area contributed by atoms with Crippen LogP contribution in [0.2, 0.25) is 0 Å². The number of fused-ring (bicyclic) bond motifs is 1. The molecule has 1 heterocycles. The zero-order chi connectivity index (χ0) is 13.9. The quantitative estimate of drug-likeness (QED) is 0.863. The van der Waals surface area contributed by atoms with Gasteiger partial charge in [-0.05, 0) is 44.9 Å². The molecule has 0 aromatic heterocycles. The summed E-state index contributed by atoms with van der Waals surface area (Å²) in [4.78, 5) is 2.52. The number of nitrogens with zero attached hydrogens (tertiary/aromatic N) is 1. The minimum Gasteiger partial charge on any atom is -0.493 e. The van der Waals surface area contributed by atoms with Gasteiger partial charge in [0, 0.05) is 31.1 Å². The van der Waals surface area contributed by atoms with E-state index in [-0.39, 0.29) is 0 Å². The van der Waals surface area contributed by atoms with Crippen molar-refractivity contribution in [2.75, 3.05) is 26.7 Å². The molecular formula is C17H26N2O. The van der Waals surface area contributed by atoms with Crippen LogP contribution in [0.1, 0.15) is 37.7 Å². The highest BCUT2D eigenvalue weighted by molar-refractivity contribution is 5.37. The number of benzene rings is 1. The monoisotopic (exact) mass is 274 g/mol. The molecule has 0 radical (unpaired) electrons. The van der Waals surface area contributed by atoms with E-state index >= 15 is 0 Å². The third-order valence-electron chi connectivity index (χ3n) is 4.73. The Balaban J connectivity index is 1.49. The minimum atomic E-state index is 0.596. The van der Waals surface area contributed by atoms with E-state index in [0.29, 0.717) is 12.0 Å². The van der Waals surface area contributed by atoms with Crippen molar-refractivity contribution in [3.05, 3.63) is 29.8 Å². The van der Waals surface area contributed by atoms with Gasteiger partial charge >= 0.3 is 0 Å². The number of para-hydroxylation sites is 1. The molecule has 3 nitrogen and oxygen atoms in total. The van der Waals surface area contributed by atoms with Crippen LogP contribution in [-0.4, -0.2) is 43.7 Å². The van der Waals surface area contributed by atoms with Gasteiger partial charge in [0.05, 0.1) is 6.61 Å². The van der Waals surface area contributed by atoms with Gasteiger partial charge in [-0.1, -0.05) is 18.2 Å². The van der Waals surface area contributed by atoms with Crippen LogP contribution in [0.5, 0.6) is 5.75 Å². The zero-order valence-corrected chi connectivity index (χ0v) is 12.6. The molecular weight excluding hydrogens is 248 g/mol. The first-order valence-corrected chi connectivity index (χ1v) is 7.90. The number of ether oxygens (including phenoxy) is 1. The van der Waals surface area contributed by atoms with Gasteiger partial charge in [-0.2, -0.15) is 0 Å². The van der Waals surface area contributed by atoms with Crippen LogP contribution < -0.4 is 10.1 Å². The lowest BCUT2D eigenvalue weighted by Gasteiger charge is -2.28. The summed E-state index contributed by atoms with van der Waals surface area (Å²) in [6.45, 7) is 5.31. The van der Waals surface area contributed by atoms with Crippen molar-refractivity contribution in [2.24, 2.45) is 0 Å². The Hall–Kier alpha value is -1.06. The zero-order valence-electron chi connectivity index (χ0n) is 12.6. The first-order chi connectivity index (χ1) is 9.75. The standard InChI is InChI=1S/C17H26N2O/c1-13(19(2)15-7-8-15)11-18-12-14-9-10-20-17-6-4-3-5-16(14)17/h3-6,13-15,18H,7-12H2,1-2H3. The highest BCUT2D eigenvalue weighted by Gasteiger charge is 2.29. The van der Waals surface area contributed by atoms with Crippen LogP contribution in [0.15, 0.2) is 24.3 Å². The fourth-order valence-corrected chi connectivity index (χ4v) is 3.08. The molecule has 2 aliphatic rings. The number of rotatable bonds is 6. The average molecular weight is 274 g/mol. The molecule has 3 heteroatoms. The van der Waals surface area contributed by atoms with Gasteiger partial charge in [0.1, 0.15) is 5.75 Å². The molecule has 1 aliphatic carbocycles. The molecule has 3 rings (SSSR count). The first-order valence-electron chi connectivity index (χ1n) is 7.90. The van der Waals surface area contributed by atoms with E-state index in [1.165, 1.54) is 18.4 Å². The molecule has 0 spiro atoms. The highest BCUT2D eigenvalue weighted by Crippen LogP contribution is 2.32. The fraction of sp³-hybridized carbons (Fsp3) is 0.647. The summed E-state index contributed by atoms with van der Waals surface area (Å²) in [6.07, 6.45) is 3.89. The first kappa shape index (κ1) is 13.9. The summed E-state index contributed by atoms with van der Waals surface area (Å²) in [5.74, 6) is 1.67. The van der Waals surface area contributed by atoms with Crippen LogP contribution in [0.25, 0.3) is 0 Å². The third-order valence-corrected chi connectivity index (χ3v) is 4.73. The Kier molecular flexibility index (Phi) is 4.27. The van der Waals surface area contributed by atoms with Crippen molar-refractivity contribution in [3.8, 4) is 5.75 Å². The van der Waals surface area contributed by atoms with Gasteiger partial charge in [0.2, 0.25) is 0 Å². The molecule has 1 aliphatic heterocycles. The molecule has 1 aromatic carbocycles. The van der Waals surface area contributed by atoms with Crippen molar-refractivity contribution in [1.29, 1.82) is 0 Å². The molecule has 0 saturated heterocycles. The average Bonchev–Trinajstić information content (AvgIpc) is 3.31. The van der Waals surface area contributed by atoms with Gasteiger partial charge in [-0.3, -0.25) is 4.90 Å². The summed E-state index contributed by atoms with van der Waals surface area (Å²) in [5, 5.41) is 3.66. The number of likely N-dealkylation sites (N-methyl/N-ethyl adjacent to an activating group) is 1. The number of hydrogen-bond donors (Lipinski definition) is 1. The normalized spacial score (nSPS) is 23.2. The summed E-state index contributed by atoms with van der Waals surface area (Å²) >= 11 is 0. The summed E-state index contributed by atoms with van der Waals surface area (Å²) < 4.78 is 5.72. The molecule has 0 bridgehead atoms. The lowest BCUT2D eigenvalue weighted by molar-refractivity contribution is 0.234. The Morgan fingerprint density at radius 1 is 1.30 bits per heavy atom. The largest absolute Gasteiger partial charge is 0.493 e. The second-order valence-electron chi connectivity index (χ2n) is 6.28. The SMILES string of the molecule is CC(CNCC1CCOc2ccccc21)N(C)C1CC1. The van der Waals surface area contributed by atoms with Crippen LogP contribution in [0.4, 0.5) is 0 Å². The summed E-state index contributed by atoms with van der Waals surface area (Å²) in [6, 6.07) is 9.94. The minimum absolute atomic E-state index is 0.596. The smallest absolute Gasteiger partial charge is 0.122 e. The van der Waals surface area contributed by atoms with Crippen LogP contribution in [0, 0.1) is 0 Å². The number of nitrogens with one attached hydrogen (secondary N) is 1. The molecule has 2 unspecified atom stereocenters. The maximum absolute atomic E-state index is 5.72. The molecule has 1 aromatic rings. The number of hydrogen-bond acceptors (Lipinski definition) is 3. The van der Waals surface area contributed by atoms with Gasteiger partial charge in [-0.15, -0.1) is 0 Å². The molecule has 0 amide bonds. The highest BCUT2D eigenvalue weighted by atomic mass is 16.5. The van der Waals surface area contributed by atoms with Crippen molar-refractivity contribution in [2.45, 2.75) is 44.2 Å². The van der Waals surface area contributed by atoms with Crippen molar-refractivity contribution in [3.63, 3.8) is 0 Å². The van der Waals surface area contributed by atoms with E-state index in [1.807, 2.05) is 0 Å².